The lowest BCUT2D eigenvalue weighted by molar-refractivity contribution is -0.138. The lowest BCUT2D eigenvalue weighted by Gasteiger charge is -2.50. The number of nitrogens with zero attached hydrogens (tertiary/aromatic N) is 1. The molecule has 6 atom stereocenters. The largest absolute Gasteiger partial charge is 0.480 e. The number of aryl methyl sites for hydroxylation is 1. The molecule has 1 aromatic rings. The number of aliphatic hydroxyl groups is 1. The standard InChI is InChI=1S/C23H31Cl2NO3.C6H12N2O3.H3O4P/c1-23-9-8-18-17-5-3-16(29-22(28)26(12-10-24)13-11-25)14-15(17)2-4-19(18)20(23)6-7-21(23)27;1-8-5(9)3-2-4(7)6(10)11;1-5(2,3)4/h3,5,14,18-21,27H,2,4,6-13H2,1H3;4H,2-3,7H2,1H3,(H,8,9)(H,10,11);(H3,1,2,3,4)/t18-,19-,20+,21+,23+;;/m1../s1. The number of aliphatic carboxylic acids is 1. The second kappa shape index (κ2) is 17.8. The predicted octanol–water partition coefficient (Wildman–Crippen LogP) is 3.18. The van der Waals surface area contributed by atoms with Crippen LogP contribution in [-0.2, 0) is 20.6 Å². The Kier molecular flexibility index (Phi) is 15.5. The Hall–Kier alpha value is -1.96. The molecule has 0 radical (unpaired) electrons. The van der Waals surface area contributed by atoms with E-state index in [4.69, 9.17) is 58.0 Å². The number of fused-ring (bicyclic) bond motifs is 5. The first kappa shape index (κ1) is 39.2. The summed E-state index contributed by atoms with van der Waals surface area (Å²) >= 11 is 11.6. The van der Waals surface area contributed by atoms with Crippen LogP contribution in [0, 0.1) is 17.3 Å². The topological polar surface area (TPSA) is 220 Å². The zero-order valence-electron chi connectivity index (χ0n) is 25.6. The number of aliphatic hydroxyl groups excluding tert-OH is 1. The summed E-state index contributed by atoms with van der Waals surface area (Å²) in [5.74, 6) is 1.89. The molecule has 0 aliphatic heterocycles. The van der Waals surface area contributed by atoms with Gasteiger partial charge in [0.1, 0.15) is 11.8 Å². The second-order valence-electron chi connectivity index (χ2n) is 11.8. The number of carbonyl (C=O) groups is 3. The fraction of sp³-hybridized carbons (Fsp3) is 0.690. The van der Waals surface area contributed by atoms with Crippen LogP contribution in [-0.4, -0.2) is 91.8 Å². The highest BCUT2D eigenvalue weighted by Crippen LogP contribution is 2.60. The summed E-state index contributed by atoms with van der Waals surface area (Å²) in [7, 11) is -3.14. The fourth-order valence-corrected chi connectivity index (χ4v) is 7.20. The molecule has 2 amide bonds. The van der Waals surface area contributed by atoms with Gasteiger partial charge in [-0.15, -0.1) is 23.2 Å². The molecular weight excluding hydrogens is 652 g/mol. The Labute approximate surface area is 273 Å². The van der Waals surface area contributed by atoms with E-state index in [1.54, 1.807) is 4.90 Å². The molecule has 45 heavy (non-hydrogen) atoms. The number of hydrogen-bond acceptors (Lipinski definition) is 7. The summed E-state index contributed by atoms with van der Waals surface area (Å²) in [6.45, 7) is 3.15. The highest BCUT2D eigenvalue weighted by molar-refractivity contribution is 7.45. The van der Waals surface area contributed by atoms with Crippen molar-refractivity contribution in [3.05, 3.63) is 29.3 Å². The Balaban J connectivity index is 0.000000367. The molecule has 0 aromatic heterocycles. The number of hydrogen-bond donors (Lipinski definition) is 7. The highest BCUT2D eigenvalue weighted by atomic mass is 35.5. The quantitative estimate of drug-likeness (QED) is 0.147. The molecule has 1 unspecified atom stereocenters. The third kappa shape index (κ3) is 11.7. The zero-order chi connectivity index (χ0) is 33.9. The number of phosphoric acid groups is 1. The van der Waals surface area contributed by atoms with Crippen molar-refractivity contribution >= 4 is 49.0 Å². The Morgan fingerprint density at radius 1 is 1.13 bits per heavy atom. The summed E-state index contributed by atoms with van der Waals surface area (Å²) in [4.78, 5) is 56.3. The number of nitrogens with two attached hydrogens (primary N) is 1. The van der Waals surface area contributed by atoms with Gasteiger partial charge in [0.15, 0.2) is 0 Å². The molecule has 1 aromatic carbocycles. The SMILES string of the molecule is CNC(=O)CCC(N)C(=O)O.C[C@]12CC[C@@H]3c4ccc(OC(=O)N(CCCl)CCCl)cc4CC[C@H]3[C@@H]1CC[C@@H]2O.O=P(O)(O)O. The van der Waals surface area contributed by atoms with E-state index in [0.29, 0.717) is 48.4 Å². The number of ether oxygens (including phenoxy) is 1. The first-order valence-electron chi connectivity index (χ1n) is 14.9. The van der Waals surface area contributed by atoms with Gasteiger partial charge in [-0.25, -0.2) is 9.36 Å². The Bertz CT molecular complexity index is 1190. The van der Waals surface area contributed by atoms with Crippen molar-refractivity contribution in [1.29, 1.82) is 0 Å². The van der Waals surface area contributed by atoms with Crippen LogP contribution in [0.4, 0.5) is 4.79 Å². The maximum absolute atomic E-state index is 12.4. The van der Waals surface area contributed by atoms with Crippen LogP contribution in [0.15, 0.2) is 18.2 Å². The number of nitrogens with one attached hydrogen (secondary N) is 1. The van der Waals surface area contributed by atoms with Gasteiger partial charge in [0.05, 0.1) is 6.10 Å². The van der Waals surface area contributed by atoms with Gasteiger partial charge in [-0.2, -0.15) is 0 Å². The highest BCUT2D eigenvalue weighted by Gasteiger charge is 2.54. The van der Waals surface area contributed by atoms with Crippen LogP contribution in [0.5, 0.6) is 5.75 Å². The molecule has 16 heteroatoms. The van der Waals surface area contributed by atoms with Gasteiger partial charge >= 0.3 is 19.9 Å². The number of carboxylic acid groups (broad SMARTS) is 1. The molecule has 13 nitrogen and oxygen atoms in total. The smallest absolute Gasteiger partial charge is 0.466 e. The van der Waals surface area contributed by atoms with Crippen molar-refractivity contribution in [2.75, 3.05) is 31.9 Å². The number of amides is 2. The number of carboxylic acids is 1. The molecule has 0 saturated heterocycles. The molecule has 256 valence electrons. The third-order valence-corrected chi connectivity index (χ3v) is 9.44. The van der Waals surface area contributed by atoms with E-state index < -0.39 is 25.9 Å². The molecule has 4 rings (SSSR count). The van der Waals surface area contributed by atoms with E-state index in [-0.39, 0.29) is 30.3 Å². The molecule has 3 aliphatic rings. The maximum Gasteiger partial charge on any atom is 0.466 e. The third-order valence-electron chi connectivity index (χ3n) is 9.10. The average Bonchev–Trinajstić information content (AvgIpc) is 3.28. The van der Waals surface area contributed by atoms with Gasteiger partial charge in [0.25, 0.3) is 0 Å². The summed E-state index contributed by atoms with van der Waals surface area (Å²) in [6.07, 6.45) is 6.31. The first-order valence-corrected chi connectivity index (χ1v) is 17.6. The van der Waals surface area contributed by atoms with Crippen molar-refractivity contribution in [3.8, 4) is 5.75 Å². The van der Waals surface area contributed by atoms with Crippen LogP contribution in [0.1, 0.15) is 68.9 Å². The summed E-state index contributed by atoms with van der Waals surface area (Å²) in [5, 5.41) is 21.2. The molecule has 0 heterocycles. The normalized spacial score (nSPS) is 25.4. The number of carbonyl (C=O) groups excluding carboxylic acids is 2. The van der Waals surface area contributed by atoms with E-state index >= 15 is 0 Å². The van der Waals surface area contributed by atoms with Crippen LogP contribution in [0.2, 0.25) is 0 Å². The lowest BCUT2D eigenvalue weighted by atomic mass is 9.55. The minimum atomic E-state index is -4.64. The van der Waals surface area contributed by atoms with E-state index in [9.17, 15) is 19.5 Å². The molecule has 8 N–H and O–H groups in total. The number of benzene rings is 1. The molecule has 2 fully saturated rings. The predicted molar refractivity (Wildman–Crippen MR) is 169 cm³/mol. The molecule has 3 aliphatic carbocycles. The van der Waals surface area contributed by atoms with Gasteiger partial charge in [0.2, 0.25) is 5.91 Å². The van der Waals surface area contributed by atoms with Crippen molar-refractivity contribution < 1.29 is 48.6 Å². The van der Waals surface area contributed by atoms with Crippen LogP contribution < -0.4 is 15.8 Å². The molecule has 0 bridgehead atoms. The van der Waals surface area contributed by atoms with E-state index in [0.717, 1.165) is 38.5 Å². The van der Waals surface area contributed by atoms with E-state index in [2.05, 4.69) is 18.3 Å². The van der Waals surface area contributed by atoms with Crippen molar-refractivity contribution in [2.24, 2.45) is 23.0 Å². The van der Waals surface area contributed by atoms with Crippen LogP contribution >= 0.6 is 31.0 Å². The zero-order valence-corrected chi connectivity index (χ0v) is 28.0. The second-order valence-corrected chi connectivity index (χ2v) is 13.6. The Morgan fingerprint density at radius 2 is 1.76 bits per heavy atom. The maximum atomic E-state index is 12.4. The summed E-state index contributed by atoms with van der Waals surface area (Å²) < 4.78 is 14.5. The Morgan fingerprint density at radius 3 is 2.31 bits per heavy atom. The number of rotatable bonds is 9. The summed E-state index contributed by atoms with van der Waals surface area (Å²) in [6, 6.07) is 5.19. The molecular formula is C29H46Cl2N3O10P. The molecule has 0 spiro atoms. The van der Waals surface area contributed by atoms with Gasteiger partial charge in [-0.05, 0) is 91.4 Å². The minimum absolute atomic E-state index is 0.0996. The summed E-state index contributed by atoms with van der Waals surface area (Å²) in [5.41, 5.74) is 7.96. The van der Waals surface area contributed by atoms with Crippen LogP contribution in [0.3, 0.4) is 0 Å². The van der Waals surface area contributed by atoms with Gasteiger partial charge in [0, 0.05) is 38.3 Å². The van der Waals surface area contributed by atoms with Crippen LogP contribution in [0.25, 0.3) is 0 Å². The fourth-order valence-electron chi connectivity index (χ4n) is 6.79. The van der Waals surface area contributed by atoms with Gasteiger partial charge in [-0.3, -0.25) is 9.59 Å². The van der Waals surface area contributed by atoms with Crippen molar-refractivity contribution in [3.63, 3.8) is 0 Å². The molecule has 2 saturated carbocycles. The number of halogens is 2. The van der Waals surface area contributed by atoms with Crippen molar-refractivity contribution in [1.82, 2.24) is 10.2 Å². The van der Waals surface area contributed by atoms with E-state index in [1.807, 2.05) is 12.1 Å². The van der Waals surface area contributed by atoms with Crippen molar-refractivity contribution in [2.45, 2.75) is 76.4 Å². The number of alkyl halides is 2. The van der Waals surface area contributed by atoms with E-state index in [1.165, 1.54) is 18.2 Å². The van der Waals surface area contributed by atoms with Gasteiger partial charge < -0.3 is 45.6 Å². The van der Waals surface area contributed by atoms with Gasteiger partial charge in [-0.1, -0.05) is 13.0 Å². The first-order chi connectivity index (χ1) is 21.0. The average molecular weight is 699 g/mol. The minimum Gasteiger partial charge on any atom is -0.480 e. The lowest BCUT2D eigenvalue weighted by Crippen LogP contribution is -2.43. The monoisotopic (exact) mass is 697 g/mol.